The molecule has 11 heteroatoms. The van der Waals surface area contributed by atoms with Crippen molar-refractivity contribution in [3.8, 4) is 5.75 Å². The normalized spacial score (nSPS) is 27.4. The van der Waals surface area contributed by atoms with Gasteiger partial charge in [0.25, 0.3) is 0 Å². The predicted octanol–water partition coefficient (Wildman–Crippen LogP) is 2.08. The van der Waals surface area contributed by atoms with E-state index in [1.54, 1.807) is 54.9 Å². The van der Waals surface area contributed by atoms with Gasteiger partial charge in [-0.25, -0.2) is 14.8 Å². The van der Waals surface area contributed by atoms with Crippen LogP contribution in [0.3, 0.4) is 0 Å². The van der Waals surface area contributed by atoms with Gasteiger partial charge in [-0.3, -0.25) is 10.1 Å². The van der Waals surface area contributed by atoms with E-state index in [1.807, 2.05) is 0 Å². The average molecular weight is 459 g/mol. The summed E-state index contributed by atoms with van der Waals surface area (Å²) in [6.45, 7) is 4.75. The summed E-state index contributed by atoms with van der Waals surface area (Å²) in [6, 6.07) is 2.90. The average Bonchev–Trinajstić information content (AvgIpc) is 3.23. The molecule has 0 spiro atoms. The van der Waals surface area contributed by atoms with E-state index in [1.165, 1.54) is 11.3 Å². The lowest BCUT2D eigenvalue weighted by Gasteiger charge is -2.52. The van der Waals surface area contributed by atoms with Crippen molar-refractivity contribution < 1.29 is 19.8 Å². The zero-order valence-electron chi connectivity index (χ0n) is 17.8. The SMILES string of the molecule is CCNC(=O)NC1(C2CNCCC2(C)C(=O)O)N=CC=CN1c1cc(O)c2scnc2c1. The summed E-state index contributed by atoms with van der Waals surface area (Å²) in [7, 11) is 0. The highest BCUT2D eigenvalue weighted by atomic mass is 32.1. The molecule has 3 unspecified atom stereocenters. The Morgan fingerprint density at radius 1 is 1.41 bits per heavy atom. The number of hydrogen-bond donors (Lipinski definition) is 5. The molecule has 2 aromatic rings. The molecule has 0 aliphatic carbocycles. The Morgan fingerprint density at radius 3 is 2.97 bits per heavy atom. The summed E-state index contributed by atoms with van der Waals surface area (Å²) < 4.78 is 0.648. The second-order valence-electron chi connectivity index (χ2n) is 8.10. The van der Waals surface area contributed by atoms with E-state index in [4.69, 9.17) is 0 Å². The second-order valence-corrected chi connectivity index (χ2v) is 8.95. The van der Waals surface area contributed by atoms with Crippen molar-refractivity contribution in [2.45, 2.75) is 26.1 Å². The fraction of sp³-hybridized carbons (Fsp3) is 0.429. The number of aromatic hydroxyl groups is 1. The number of allylic oxidation sites excluding steroid dienone is 1. The third kappa shape index (κ3) is 3.56. The zero-order valence-corrected chi connectivity index (χ0v) is 18.6. The number of carboxylic acids is 1. The number of fused-ring (bicyclic) bond motifs is 1. The van der Waals surface area contributed by atoms with Gasteiger partial charge in [-0.2, -0.15) is 0 Å². The van der Waals surface area contributed by atoms with Gasteiger partial charge in [-0.1, -0.05) is 0 Å². The first-order valence-corrected chi connectivity index (χ1v) is 11.3. The number of piperidine rings is 1. The number of rotatable bonds is 5. The molecule has 4 rings (SSSR count). The number of benzene rings is 1. The number of urea groups is 1. The van der Waals surface area contributed by atoms with Crippen molar-refractivity contribution in [1.29, 1.82) is 0 Å². The fourth-order valence-electron chi connectivity index (χ4n) is 4.46. The number of carbonyl (C=O) groups excluding carboxylic acids is 1. The quantitative estimate of drug-likeness (QED) is 0.462. The van der Waals surface area contributed by atoms with Gasteiger partial charge in [0.2, 0.25) is 5.79 Å². The first-order chi connectivity index (χ1) is 15.3. The van der Waals surface area contributed by atoms with E-state index in [2.05, 4.69) is 25.9 Å². The maximum Gasteiger partial charge on any atom is 0.318 e. The minimum absolute atomic E-state index is 0.0534. The molecule has 32 heavy (non-hydrogen) atoms. The molecule has 2 aliphatic heterocycles. The summed E-state index contributed by atoms with van der Waals surface area (Å²) in [5.41, 5.74) is 1.61. The number of thiazole rings is 1. The summed E-state index contributed by atoms with van der Waals surface area (Å²) >= 11 is 1.32. The maximum absolute atomic E-state index is 12.8. The van der Waals surface area contributed by atoms with Crippen LogP contribution in [0.2, 0.25) is 0 Å². The van der Waals surface area contributed by atoms with Gasteiger partial charge in [0.05, 0.1) is 32.7 Å². The lowest BCUT2D eigenvalue weighted by atomic mass is 9.68. The van der Waals surface area contributed by atoms with Gasteiger partial charge in [0, 0.05) is 31.6 Å². The highest BCUT2D eigenvalue weighted by Gasteiger charge is 2.57. The molecule has 0 radical (unpaired) electrons. The van der Waals surface area contributed by atoms with E-state index in [0.717, 1.165) is 0 Å². The number of anilines is 1. The molecular formula is C21H26N6O4S. The van der Waals surface area contributed by atoms with Crippen LogP contribution in [0.1, 0.15) is 20.3 Å². The molecule has 1 aromatic heterocycles. The van der Waals surface area contributed by atoms with E-state index in [0.29, 0.717) is 42.0 Å². The van der Waals surface area contributed by atoms with Gasteiger partial charge >= 0.3 is 12.0 Å². The van der Waals surface area contributed by atoms with Crippen LogP contribution >= 0.6 is 11.3 Å². The number of aliphatic imine (C=N–C) groups is 1. The Balaban J connectivity index is 1.89. The van der Waals surface area contributed by atoms with Crippen molar-refractivity contribution in [2.75, 3.05) is 24.5 Å². The number of nitrogens with zero attached hydrogens (tertiary/aromatic N) is 3. The van der Waals surface area contributed by atoms with Gasteiger partial charge in [-0.15, -0.1) is 11.3 Å². The van der Waals surface area contributed by atoms with Gasteiger partial charge in [-0.05, 0) is 39.0 Å². The number of carboxylic acid groups (broad SMARTS) is 1. The summed E-state index contributed by atoms with van der Waals surface area (Å²) in [5, 5.41) is 29.7. The first-order valence-electron chi connectivity index (χ1n) is 10.4. The van der Waals surface area contributed by atoms with E-state index in [9.17, 15) is 19.8 Å². The minimum Gasteiger partial charge on any atom is -0.506 e. The molecule has 5 N–H and O–H groups in total. The summed E-state index contributed by atoms with van der Waals surface area (Å²) in [5.74, 6) is -3.00. The highest BCUT2D eigenvalue weighted by Crippen LogP contribution is 2.46. The number of hydrogen-bond acceptors (Lipinski definition) is 8. The molecule has 170 valence electrons. The maximum atomic E-state index is 12.8. The molecule has 2 amide bonds. The lowest BCUT2D eigenvalue weighted by molar-refractivity contribution is -0.155. The number of amides is 2. The Hall–Kier alpha value is -3.18. The fourth-order valence-corrected chi connectivity index (χ4v) is 5.15. The van der Waals surface area contributed by atoms with Crippen LogP contribution in [0.15, 0.2) is 34.9 Å². The largest absolute Gasteiger partial charge is 0.506 e. The predicted molar refractivity (Wildman–Crippen MR) is 123 cm³/mol. The Bertz CT molecular complexity index is 1100. The number of aromatic nitrogens is 1. The minimum atomic E-state index is -1.45. The lowest BCUT2D eigenvalue weighted by Crippen LogP contribution is -2.71. The van der Waals surface area contributed by atoms with Gasteiger partial charge in [0.1, 0.15) is 5.75 Å². The first kappa shape index (κ1) is 22.0. The number of aliphatic carboxylic acids is 1. The van der Waals surface area contributed by atoms with Gasteiger partial charge in [0.15, 0.2) is 0 Å². The Kier molecular flexibility index (Phi) is 5.78. The molecule has 0 bridgehead atoms. The van der Waals surface area contributed by atoms with Crippen LogP contribution in [0.4, 0.5) is 10.5 Å². The van der Waals surface area contributed by atoms with E-state index < -0.39 is 29.1 Å². The van der Waals surface area contributed by atoms with Crippen molar-refractivity contribution in [3.05, 3.63) is 29.9 Å². The van der Waals surface area contributed by atoms with Crippen LogP contribution < -0.4 is 20.9 Å². The van der Waals surface area contributed by atoms with E-state index in [-0.39, 0.29) is 5.75 Å². The summed E-state index contributed by atoms with van der Waals surface area (Å²) in [4.78, 5) is 35.9. The van der Waals surface area contributed by atoms with Gasteiger partial charge < -0.3 is 25.7 Å². The molecule has 3 heterocycles. The molecule has 3 atom stereocenters. The number of phenols is 1. The molecule has 2 aliphatic rings. The molecule has 1 saturated heterocycles. The number of carbonyl (C=O) groups is 2. The second kappa shape index (κ2) is 8.40. The third-order valence-corrected chi connectivity index (χ3v) is 7.05. The Labute approximate surface area is 189 Å². The highest BCUT2D eigenvalue weighted by molar-refractivity contribution is 7.17. The number of phenolic OH excluding ortho intramolecular Hbond substituents is 1. The molecule has 10 nitrogen and oxygen atoms in total. The third-order valence-electron chi connectivity index (χ3n) is 6.18. The van der Waals surface area contributed by atoms with Crippen LogP contribution in [-0.2, 0) is 4.79 Å². The smallest absolute Gasteiger partial charge is 0.318 e. The topological polar surface area (TPSA) is 139 Å². The van der Waals surface area contributed by atoms with Crippen molar-refractivity contribution in [1.82, 2.24) is 20.9 Å². The Morgan fingerprint density at radius 2 is 2.22 bits per heavy atom. The van der Waals surface area contributed by atoms with Crippen molar-refractivity contribution >= 4 is 45.5 Å². The molecule has 1 aromatic carbocycles. The molecule has 0 saturated carbocycles. The number of nitrogens with one attached hydrogen (secondary N) is 3. The zero-order chi connectivity index (χ0) is 22.9. The monoisotopic (exact) mass is 458 g/mol. The standard InChI is InChI=1S/C21H26N6O4S/c1-3-23-19(31)26-21(16-11-22-7-5-20(16,2)18(29)30)25-6-4-8-27(21)13-9-14-17(15(28)10-13)32-12-24-14/h4,6,8-10,12,16,22,28H,3,5,7,11H2,1-2H3,(H,29,30)(H2,23,26,31). The van der Waals surface area contributed by atoms with Crippen LogP contribution in [-0.4, -0.2) is 58.8 Å². The van der Waals surface area contributed by atoms with Crippen LogP contribution in [0.25, 0.3) is 10.2 Å². The molecule has 1 fully saturated rings. The van der Waals surface area contributed by atoms with Crippen LogP contribution in [0.5, 0.6) is 5.75 Å². The summed E-state index contributed by atoms with van der Waals surface area (Å²) in [6.07, 6.45) is 5.35. The van der Waals surface area contributed by atoms with Crippen molar-refractivity contribution in [2.24, 2.45) is 16.3 Å². The van der Waals surface area contributed by atoms with Crippen LogP contribution in [0, 0.1) is 11.3 Å². The van der Waals surface area contributed by atoms with E-state index >= 15 is 0 Å². The molecular weight excluding hydrogens is 432 g/mol. The van der Waals surface area contributed by atoms with Crippen molar-refractivity contribution in [3.63, 3.8) is 0 Å².